The zero-order chi connectivity index (χ0) is 18.3. The van der Waals surface area contributed by atoms with Crippen LogP contribution in [0.25, 0.3) is 0 Å². The predicted octanol–water partition coefficient (Wildman–Crippen LogP) is 0.720. The molecule has 25 heavy (non-hydrogen) atoms. The van der Waals surface area contributed by atoms with E-state index in [1.807, 2.05) is 0 Å². The summed E-state index contributed by atoms with van der Waals surface area (Å²) in [7, 11) is -3.27. The Morgan fingerprint density at radius 3 is 2.84 bits per heavy atom. The Morgan fingerprint density at radius 1 is 1.36 bits per heavy atom. The number of rotatable bonds is 8. The van der Waals surface area contributed by atoms with Crippen molar-refractivity contribution in [2.45, 2.75) is 38.1 Å². The summed E-state index contributed by atoms with van der Waals surface area (Å²) in [4.78, 5) is 25.9. The van der Waals surface area contributed by atoms with Crippen LogP contribution in [0.15, 0.2) is 22.8 Å². The van der Waals surface area contributed by atoms with Crippen LogP contribution in [-0.4, -0.2) is 57.1 Å². The van der Waals surface area contributed by atoms with Crippen LogP contribution >= 0.6 is 0 Å². The highest BCUT2D eigenvalue weighted by Crippen LogP contribution is 2.18. The molecule has 1 aliphatic heterocycles. The third-order valence-electron chi connectivity index (χ3n) is 4.13. The van der Waals surface area contributed by atoms with Crippen molar-refractivity contribution in [2.75, 3.05) is 25.9 Å². The number of nitrogens with one attached hydrogen (secondary N) is 2. The average Bonchev–Trinajstić information content (AvgIpc) is 3.11. The fourth-order valence-electron chi connectivity index (χ4n) is 2.87. The molecule has 140 valence electrons. The van der Waals surface area contributed by atoms with Crippen LogP contribution in [0, 0.1) is 0 Å². The lowest BCUT2D eigenvalue weighted by atomic mass is 10.0. The Labute approximate surface area is 148 Å². The quantitative estimate of drug-likeness (QED) is 0.655. The van der Waals surface area contributed by atoms with Gasteiger partial charge in [0.25, 0.3) is 5.91 Å². The number of furan rings is 1. The smallest absolute Gasteiger partial charge is 0.286 e. The van der Waals surface area contributed by atoms with E-state index in [1.165, 1.54) is 6.26 Å². The molecule has 2 N–H and O–H groups in total. The number of piperidine rings is 1. The van der Waals surface area contributed by atoms with Gasteiger partial charge in [-0.3, -0.25) is 9.59 Å². The summed E-state index contributed by atoms with van der Waals surface area (Å²) in [6, 6.07) is 3.11. The normalized spacial score (nSPS) is 18.1. The standard InChI is InChI=1S/C16H25N3O5S/c1-25(22,23)18-12-13-6-2-3-10-19(13)15(20)8-4-9-17-16(21)14-7-5-11-24-14/h5,7,11,13,18H,2-4,6,8-10,12H2,1H3,(H,17,21)/t13-/m0/s1. The number of amides is 2. The molecule has 1 aliphatic rings. The van der Waals surface area contributed by atoms with Crippen molar-refractivity contribution in [1.82, 2.24) is 14.9 Å². The molecule has 1 aromatic rings. The van der Waals surface area contributed by atoms with E-state index in [2.05, 4.69) is 10.0 Å². The summed E-state index contributed by atoms with van der Waals surface area (Å²) < 4.78 is 30.0. The first-order valence-electron chi connectivity index (χ1n) is 8.42. The second-order valence-corrected chi connectivity index (χ2v) is 8.03. The first kappa shape index (κ1) is 19.5. The van der Waals surface area contributed by atoms with Crippen molar-refractivity contribution in [3.8, 4) is 0 Å². The number of hydrogen-bond acceptors (Lipinski definition) is 5. The third-order valence-corrected chi connectivity index (χ3v) is 4.82. The van der Waals surface area contributed by atoms with E-state index in [0.717, 1.165) is 25.5 Å². The second-order valence-electron chi connectivity index (χ2n) is 6.19. The number of carbonyl (C=O) groups excluding carboxylic acids is 2. The largest absolute Gasteiger partial charge is 0.459 e. The van der Waals surface area contributed by atoms with Gasteiger partial charge < -0.3 is 14.6 Å². The van der Waals surface area contributed by atoms with Crippen molar-refractivity contribution in [3.63, 3.8) is 0 Å². The van der Waals surface area contributed by atoms with Gasteiger partial charge in [-0.25, -0.2) is 13.1 Å². The highest BCUT2D eigenvalue weighted by molar-refractivity contribution is 7.88. The molecule has 2 rings (SSSR count). The van der Waals surface area contributed by atoms with Crippen molar-refractivity contribution in [1.29, 1.82) is 0 Å². The lowest BCUT2D eigenvalue weighted by Crippen LogP contribution is -2.49. The van der Waals surface area contributed by atoms with Crippen molar-refractivity contribution >= 4 is 21.8 Å². The van der Waals surface area contributed by atoms with E-state index in [-0.39, 0.29) is 30.2 Å². The maximum atomic E-state index is 12.4. The van der Waals surface area contributed by atoms with Gasteiger partial charge in [0.15, 0.2) is 5.76 Å². The number of nitrogens with zero attached hydrogens (tertiary/aromatic N) is 1. The SMILES string of the molecule is CS(=O)(=O)NC[C@@H]1CCCCN1C(=O)CCCNC(=O)c1ccco1. The number of sulfonamides is 1. The van der Waals surface area contributed by atoms with Gasteiger partial charge in [-0.05, 0) is 37.8 Å². The molecule has 1 saturated heterocycles. The van der Waals surface area contributed by atoms with Crippen LogP contribution in [0.2, 0.25) is 0 Å². The zero-order valence-corrected chi connectivity index (χ0v) is 15.2. The van der Waals surface area contributed by atoms with Crippen LogP contribution in [0.1, 0.15) is 42.7 Å². The number of carbonyl (C=O) groups is 2. The Bertz CT molecular complexity index is 672. The average molecular weight is 371 g/mol. The van der Waals surface area contributed by atoms with Gasteiger partial charge in [-0.1, -0.05) is 0 Å². The maximum absolute atomic E-state index is 12.4. The second kappa shape index (κ2) is 9.00. The molecule has 0 radical (unpaired) electrons. The van der Waals surface area contributed by atoms with Gasteiger partial charge in [0, 0.05) is 32.1 Å². The molecular formula is C16H25N3O5S. The van der Waals surface area contributed by atoms with Crippen LogP contribution in [0.3, 0.4) is 0 Å². The fourth-order valence-corrected chi connectivity index (χ4v) is 3.36. The first-order valence-corrected chi connectivity index (χ1v) is 10.3. The van der Waals surface area contributed by atoms with Gasteiger partial charge in [-0.15, -0.1) is 0 Å². The van der Waals surface area contributed by atoms with Gasteiger partial charge >= 0.3 is 0 Å². The summed E-state index contributed by atoms with van der Waals surface area (Å²) in [6.45, 7) is 1.28. The molecular weight excluding hydrogens is 346 g/mol. The molecule has 0 unspecified atom stereocenters. The van der Waals surface area contributed by atoms with Crippen LogP contribution in [0.4, 0.5) is 0 Å². The molecule has 9 heteroatoms. The van der Waals surface area contributed by atoms with E-state index in [4.69, 9.17) is 4.42 Å². The molecule has 1 atom stereocenters. The molecule has 2 amide bonds. The molecule has 0 spiro atoms. The van der Waals surface area contributed by atoms with E-state index in [0.29, 0.717) is 25.9 Å². The minimum atomic E-state index is -3.27. The van der Waals surface area contributed by atoms with Crippen molar-refractivity contribution in [3.05, 3.63) is 24.2 Å². The Kier molecular flexibility index (Phi) is 7.01. The zero-order valence-electron chi connectivity index (χ0n) is 14.4. The predicted molar refractivity (Wildman–Crippen MR) is 92.5 cm³/mol. The maximum Gasteiger partial charge on any atom is 0.286 e. The fraction of sp³-hybridized carbons (Fsp3) is 0.625. The minimum absolute atomic E-state index is 0.00718. The van der Waals surface area contributed by atoms with Crippen molar-refractivity contribution in [2.24, 2.45) is 0 Å². The van der Waals surface area contributed by atoms with Gasteiger partial charge in [0.2, 0.25) is 15.9 Å². The molecule has 0 bridgehead atoms. The van der Waals surface area contributed by atoms with E-state index < -0.39 is 10.0 Å². The minimum Gasteiger partial charge on any atom is -0.459 e. The summed E-state index contributed by atoms with van der Waals surface area (Å²) in [6.07, 6.45) is 6.09. The monoisotopic (exact) mass is 371 g/mol. The van der Waals surface area contributed by atoms with E-state index in [1.54, 1.807) is 17.0 Å². The van der Waals surface area contributed by atoms with Gasteiger partial charge in [-0.2, -0.15) is 0 Å². The molecule has 0 saturated carbocycles. The Hall–Kier alpha value is -1.87. The summed E-state index contributed by atoms with van der Waals surface area (Å²) in [5, 5.41) is 2.70. The molecule has 0 aromatic carbocycles. The van der Waals surface area contributed by atoms with Gasteiger partial charge in [0.05, 0.1) is 12.5 Å². The van der Waals surface area contributed by atoms with Crippen molar-refractivity contribution < 1.29 is 22.4 Å². The molecule has 2 heterocycles. The molecule has 1 aromatic heterocycles. The third kappa shape index (κ3) is 6.50. The summed E-state index contributed by atoms with van der Waals surface area (Å²) in [5.74, 6) is -0.0628. The van der Waals surface area contributed by atoms with Crippen LogP contribution < -0.4 is 10.0 Å². The Balaban J connectivity index is 1.74. The van der Waals surface area contributed by atoms with Crippen LogP contribution in [0.5, 0.6) is 0 Å². The summed E-state index contributed by atoms with van der Waals surface area (Å²) in [5.41, 5.74) is 0. The number of hydrogen-bond donors (Lipinski definition) is 2. The van der Waals surface area contributed by atoms with Gasteiger partial charge in [0.1, 0.15) is 0 Å². The molecule has 0 aliphatic carbocycles. The highest BCUT2D eigenvalue weighted by atomic mass is 32.2. The van der Waals surface area contributed by atoms with E-state index >= 15 is 0 Å². The number of likely N-dealkylation sites (tertiary alicyclic amines) is 1. The first-order chi connectivity index (χ1) is 11.9. The lowest BCUT2D eigenvalue weighted by Gasteiger charge is -2.36. The van der Waals surface area contributed by atoms with Crippen LogP contribution in [-0.2, 0) is 14.8 Å². The summed E-state index contributed by atoms with van der Waals surface area (Å²) >= 11 is 0. The molecule has 8 nitrogen and oxygen atoms in total. The molecule has 1 fully saturated rings. The lowest BCUT2D eigenvalue weighted by molar-refractivity contribution is -0.134. The van der Waals surface area contributed by atoms with E-state index in [9.17, 15) is 18.0 Å². The Morgan fingerprint density at radius 2 is 2.16 bits per heavy atom. The topological polar surface area (TPSA) is 109 Å². The highest BCUT2D eigenvalue weighted by Gasteiger charge is 2.26.